The summed E-state index contributed by atoms with van der Waals surface area (Å²) in [5, 5.41) is 4.59. The van der Waals surface area contributed by atoms with E-state index in [9.17, 15) is 4.79 Å². The number of fused-ring (bicyclic) bond motifs is 2. The molecule has 2 heteroatoms. The minimum Gasteiger partial charge on any atom is -0.458 e. The Hall–Kier alpha value is -3.13. The van der Waals surface area contributed by atoms with Crippen LogP contribution in [0.1, 0.15) is 56.0 Å². The van der Waals surface area contributed by atoms with E-state index in [1.54, 1.807) is 0 Å². The van der Waals surface area contributed by atoms with Crippen molar-refractivity contribution in [1.82, 2.24) is 0 Å². The Morgan fingerprint density at radius 3 is 2.00 bits per heavy atom. The lowest BCUT2D eigenvalue weighted by Gasteiger charge is -2.36. The summed E-state index contributed by atoms with van der Waals surface area (Å²) in [4.78, 5) is 13.8. The van der Waals surface area contributed by atoms with Gasteiger partial charge in [0.1, 0.15) is 6.10 Å². The second kappa shape index (κ2) is 9.25. The number of benzene rings is 4. The highest BCUT2D eigenvalue weighted by Gasteiger charge is 2.34. The molecule has 0 heterocycles. The summed E-state index contributed by atoms with van der Waals surface area (Å²) in [6.07, 6.45) is 3.28. The second-order valence-corrected chi connectivity index (χ2v) is 10.5. The van der Waals surface area contributed by atoms with E-state index in [0.717, 1.165) is 40.3 Å². The largest absolute Gasteiger partial charge is 0.458 e. The first-order chi connectivity index (χ1) is 16.4. The normalized spacial score (nSPS) is 20.7. The summed E-state index contributed by atoms with van der Waals surface area (Å²) >= 11 is 0. The van der Waals surface area contributed by atoms with Crippen LogP contribution in [0.3, 0.4) is 0 Å². The van der Waals surface area contributed by atoms with Crippen molar-refractivity contribution in [3.8, 4) is 11.1 Å². The highest BCUT2D eigenvalue weighted by atomic mass is 16.5. The van der Waals surface area contributed by atoms with Crippen LogP contribution in [0.2, 0.25) is 0 Å². The summed E-state index contributed by atoms with van der Waals surface area (Å²) < 4.78 is 6.32. The van der Waals surface area contributed by atoms with Crippen LogP contribution < -0.4 is 0 Å². The molecule has 5 rings (SSSR count). The highest BCUT2D eigenvalue weighted by Crippen LogP contribution is 2.38. The highest BCUT2D eigenvalue weighted by molar-refractivity contribution is 6.04. The van der Waals surface area contributed by atoms with E-state index in [1.165, 1.54) is 17.2 Å². The molecular formula is C32H34O2. The summed E-state index contributed by atoms with van der Waals surface area (Å²) in [7, 11) is 0. The first kappa shape index (κ1) is 22.7. The van der Waals surface area contributed by atoms with Crippen molar-refractivity contribution in [2.24, 2.45) is 17.8 Å². The first-order valence-electron chi connectivity index (χ1n) is 12.6. The van der Waals surface area contributed by atoms with Gasteiger partial charge < -0.3 is 4.74 Å². The molecule has 0 aromatic heterocycles. The van der Waals surface area contributed by atoms with Crippen molar-refractivity contribution in [2.75, 3.05) is 0 Å². The summed E-state index contributed by atoms with van der Waals surface area (Å²) in [5.74, 6) is 1.32. The van der Waals surface area contributed by atoms with Gasteiger partial charge in [0.05, 0.1) is 5.56 Å². The van der Waals surface area contributed by atoms with Crippen LogP contribution in [0, 0.1) is 24.7 Å². The molecule has 1 aliphatic rings. The number of ether oxygens (including phenoxy) is 1. The number of hydrogen-bond donors (Lipinski definition) is 0. The molecule has 4 aromatic rings. The fourth-order valence-electron chi connectivity index (χ4n) is 5.73. The predicted octanol–water partition coefficient (Wildman–Crippen LogP) is 8.59. The maximum absolute atomic E-state index is 13.8. The maximum Gasteiger partial charge on any atom is 0.339 e. The van der Waals surface area contributed by atoms with Gasteiger partial charge in [-0.15, -0.1) is 0 Å². The molecule has 0 N–H and O–H groups in total. The molecule has 3 atom stereocenters. The maximum atomic E-state index is 13.8. The van der Waals surface area contributed by atoms with E-state index in [2.05, 4.69) is 82.3 Å². The van der Waals surface area contributed by atoms with Gasteiger partial charge in [0.15, 0.2) is 0 Å². The van der Waals surface area contributed by atoms with E-state index in [0.29, 0.717) is 23.3 Å². The van der Waals surface area contributed by atoms with E-state index in [4.69, 9.17) is 4.74 Å². The molecule has 34 heavy (non-hydrogen) atoms. The second-order valence-electron chi connectivity index (χ2n) is 10.5. The van der Waals surface area contributed by atoms with Crippen LogP contribution in [0.5, 0.6) is 0 Å². The fourth-order valence-corrected chi connectivity index (χ4v) is 5.73. The summed E-state index contributed by atoms with van der Waals surface area (Å²) in [6.45, 7) is 8.91. The Labute approximate surface area is 203 Å². The zero-order valence-electron chi connectivity index (χ0n) is 20.7. The molecule has 2 nitrogen and oxygen atoms in total. The Bertz CT molecular complexity index is 1350. The zero-order valence-corrected chi connectivity index (χ0v) is 20.7. The Morgan fingerprint density at radius 1 is 0.824 bits per heavy atom. The number of carbonyl (C=O) groups is 1. The third kappa shape index (κ3) is 4.34. The van der Waals surface area contributed by atoms with E-state index >= 15 is 0 Å². The lowest BCUT2D eigenvalue weighted by molar-refractivity contribution is -0.0173. The molecule has 4 aromatic carbocycles. The van der Waals surface area contributed by atoms with Crippen molar-refractivity contribution in [3.63, 3.8) is 0 Å². The molecule has 0 radical (unpaired) electrons. The molecule has 1 saturated carbocycles. The average molecular weight is 451 g/mol. The number of rotatable bonds is 4. The van der Waals surface area contributed by atoms with Crippen molar-refractivity contribution in [3.05, 3.63) is 83.9 Å². The van der Waals surface area contributed by atoms with Gasteiger partial charge in [-0.25, -0.2) is 4.79 Å². The Balaban J connectivity index is 1.61. The predicted molar refractivity (Wildman–Crippen MR) is 142 cm³/mol. The zero-order chi connectivity index (χ0) is 23.8. The van der Waals surface area contributed by atoms with Crippen molar-refractivity contribution >= 4 is 27.5 Å². The molecule has 1 unspecified atom stereocenters. The number of carbonyl (C=O) groups excluding carboxylic acids is 1. The van der Waals surface area contributed by atoms with Crippen LogP contribution in [-0.4, -0.2) is 12.1 Å². The molecule has 1 fully saturated rings. The van der Waals surface area contributed by atoms with Gasteiger partial charge in [0, 0.05) is 0 Å². The molecule has 1 aliphatic carbocycles. The van der Waals surface area contributed by atoms with Gasteiger partial charge in [0.2, 0.25) is 0 Å². The molecule has 0 saturated heterocycles. The Kier molecular flexibility index (Phi) is 6.16. The third-order valence-electron chi connectivity index (χ3n) is 7.71. The van der Waals surface area contributed by atoms with E-state index in [-0.39, 0.29) is 12.1 Å². The number of hydrogen-bond acceptors (Lipinski definition) is 2. The third-order valence-corrected chi connectivity index (χ3v) is 7.71. The standard InChI is InChI=1S/C32H34O2/c1-20(2)27-14-13-21(3)15-31(27)34-32(33)30-19-26-12-8-7-11-25(26)18-29(30)28-17-24-10-6-5-9-23(24)16-22(28)4/h5-12,16-21,27,31H,13-15H2,1-4H3/t21?,27-,31+/m0/s1. The first-order valence-corrected chi connectivity index (χ1v) is 12.6. The quantitative estimate of drug-likeness (QED) is 0.291. The summed E-state index contributed by atoms with van der Waals surface area (Å²) in [6, 6.07) is 25.3. The molecule has 0 aliphatic heterocycles. The van der Waals surface area contributed by atoms with Gasteiger partial charge in [-0.1, -0.05) is 81.8 Å². The van der Waals surface area contributed by atoms with Crippen molar-refractivity contribution in [1.29, 1.82) is 0 Å². The van der Waals surface area contributed by atoms with Gasteiger partial charge in [0.25, 0.3) is 0 Å². The fraction of sp³-hybridized carbons (Fsp3) is 0.344. The average Bonchev–Trinajstić information content (AvgIpc) is 2.82. The van der Waals surface area contributed by atoms with Gasteiger partial charge in [-0.05, 0) is 94.0 Å². The van der Waals surface area contributed by atoms with Gasteiger partial charge in [-0.3, -0.25) is 0 Å². The van der Waals surface area contributed by atoms with Crippen LogP contribution in [0.25, 0.3) is 32.7 Å². The lowest BCUT2D eigenvalue weighted by atomic mass is 9.75. The molecule has 174 valence electrons. The smallest absolute Gasteiger partial charge is 0.339 e. The number of esters is 1. The minimum atomic E-state index is -0.196. The topological polar surface area (TPSA) is 26.3 Å². The SMILES string of the molecule is Cc1cc2ccccc2cc1-c1cc2ccccc2cc1C(=O)O[C@@H]1CC(C)CC[C@H]1C(C)C. The van der Waals surface area contributed by atoms with Crippen LogP contribution >= 0.6 is 0 Å². The van der Waals surface area contributed by atoms with Crippen molar-refractivity contribution < 1.29 is 9.53 Å². The molecule has 0 spiro atoms. The molecule has 0 amide bonds. The Morgan fingerprint density at radius 2 is 1.38 bits per heavy atom. The van der Waals surface area contributed by atoms with E-state index < -0.39 is 0 Å². The van der Waals surface area contributed by atoms with E-state index in [1.807, 2.05) is 18.2 Å². The van der Waals surface area contributed by atoms with Gasteiger partial charge in [-0.2, -0.15) is 0 Å². The molecular weight excluding hydrogens is 416 g/mol. The molecule has 0 bridgehead atoms. The van der Waals surface area contributed by atoms with Crippen LogP contribution in [0.15, 0.2) is 72.8 Å². The van der Waals surface area contributed by atoms with Crippen molar-refractivity contribution in [2.45, 2.75) is 53.1 Å². The van der Waals surface area contributed by atoms with Crippen LogP contribution in [-0.2, 0) is 4.74 Å². The minimum absolute atomic E-state index is 0.0201. The summed E-state index contributed by atoms with van der Waals surface area (Å²) in [5.41, 5.74) is 3.87. The lowest BCUT2D eigenvalue weighted by Crippen LogP contribution is -2.36. The monoisotopic (exact) mass is 450 g/mol. The van der Waals surface area contributed by atoms with Crippen LogP contribution in [0.4, 0.5) is 0 Å². The number of aryl methyl sites for hydroxylation is 1. The van der Waals surface area contributed by atoms with Gasteiger partial charge >= 0.3 is 5.97 Å².